The number of carbonyl (C=O) groups excluding carboxylic acids is 1. The van der Waals surface area contributed by atoms with Crippen molar-refractivity contribution in [3.63, 3.8) is 0 Å². The molecule has 0 radical (unpaired) electrons. The maximum Gasteiger partial charge on any atom is 0.160 e. The van der Waals surface area contributed by atoms with Crippen molar-refractivity contribution in [2.75, 3.05) is 24.3 Å². The lowest BCUT2D eigenvalue weighted by molar-refractivity contribution is -0.115. The molecule has 1 aromatic rings. The molecule has 1 aliphatic carbocycles. The number of nitrogens with zero attached hydrogens (tertiary/aromatic N) is 1. The van der Waals surface area contributed by atoms with E-state index in [4.69, 9.17) is 0 Å². The normalized spacial score (nSPS) is 18.2. The van der Waals surface area contributed by atoms with Gasteiger partial charge in [0, 0.05) is 43.7 Å². The number of Topliss-reactive ketones (excluding diaryl/α,β-unsaturated/α-hetero) is 1. The number of allylic oxidation sites excluding steroid dienone is 1. The van der Waals surface area contributed by atoms with Crippen LogP contribution < -0.4 is 10.2 Å². The minimum atomic E-state index is 0.301. The molecule has 0 atom stereocenters. The van der Waals surface area contributed by atoms with E-state index in [1.54, 1.807) is 0 Å². The summed E-state index contributed by atoms with van der Waals surface area (Å²) in [5.41, 5.74) is 3.13. The standard InChI is InChI=1S/C16H22N2O/c1-18(2)15-10-8-14(9-11-15)17-12-13-6-4-3-5-7-16(13)19/h8-12,17H,3-7H2,1-2H3. The zero-order valence-corrected chi connectivity index (χ0v) is 11.8. The number of benzene rings is 1. The van der Waals surface area contributed by atoms with Crippen molar-refractivity contribution in [2.24, 2.45) is 0 Å². The number of carbonyl (C=O) groups is 1. The predicted octanol–water partition coefficient (Wildman–Crippen LogP) is 3.58. The Kier molecular flexibility index (Phi) is 4.61. The summed E-state index contributed by atoms with van der Waals surface area (Å²) in [6.07, 6.45) is 6.82. The van der Waals surface area contributed by atoms with Crippen LogP contribution in [0.3, 0.4) is 0 Å². The monoisotopic (exact) mass is 258 g/mol. The summed E-state index contributed by atoms with van der Waals surface area (Å²) >= 11 is 0. The second-order valence-electron chi connectivity index (χ2n) is 5.24. The summed E-state index contributed by atoms with van der Waals surface area (Å²) in [5, 5.41) is 3.24. The number of hydrogen-bond acceptors (Lipinski definition) is 3. The smallest absolute Gasteiger partial charge is 0.160 e. The van der Waals surface area contributed by atoms with Crippen molar-refractivity contribution in [2.45, 2.75) is 32.1 Å². The SMILES string of the molecule is CN(C)c1ccc(NC=C2CCCCCC2=O)cc1. The van der Waals surface area contributed by atoms with Crippen molar-refractivity contribution >= 4 is 17.2 Å². The zero-order chi connectivity index (χ0) is 13.7. The van der Waals surface area contributed by atoms with Crippen molar-refractivity contribution in [3.8, 4) is 0 Å². The minimum absolute atomic E-state index is 0.301. The summed E-state index contributed by atoms with van der Waals surface area (Å²) in [4.78, 5) is 13.9. The van der Waals surface area contributed by atoms with Gasteiger partial charge in [0.25, 0.3) is 0 Å². The lowest BCUT2D eigenvalue weighted by atomic mass is 10.1. The van der Waals surface area contributed by atoms with Gasteiger partial charge in [0.1, 0.15) is 0 Å². The van der Waals surface area contributed by atoms with Gasteiger partial charge < -0.3 is 10.2 Å². The molecule has 3 nitrogen and oxygen atoms in total. The van der Waals surface area contributed by atoms with Crippen LogP contribution in [-0.4, -0.2) is 19.9 Å². The summed E-state index contributed by atoms with van der Waals surface area (Å²) in [7, 11) is 4.04. The Morgan fingerprint density at radius 3 is 2.42 bits per heavy atom. The Bertz CT molecular complexity index is 460. The lowest BCUT2D eigenvalue weighted by Crippen LogP contribution is -2.08. The molecule has 1 N–H and O–H groups in total. The Hall–Kier alpha value is -1.77. The number of rotatable bonds is 3. The molecule has 1 saturated carbocycles. The average molecular weight is 258 g/mol. The number of hydrogen-bond donors (Lipinski definition) is 1. The first-order chi connectivity index (χ1) is 9.16. The average Bonchev–Trinajstić information content (AvgIpc) is 2.61. The fraction of sp³-hybridized carbons (Fsp3) is 0.438. The van der Waals surface area contributed by atoms with Crippen molar-refractivity contribution in [3.05, 3.63) is 36.0 Å². The lowest BCUT2D eigenvalue weighted by Gasteiger charge is -2.12. The van der Waals surface area contributed by atoms with E-state index in [1.165, 1.54) is 12.1 Å². The van der Waals surface area contributed by atoms with Crippen LogP contribution in [0.5, 0.6) is 0 Å². The molecule has 1 aliphatic rings. The highest BCUT2D eigenvalue weighted by molar-refractivity contribution is 5.95. The van der Waals surface area contributed by atoms with Crippen LogP contribution in [-0.2, 0) is 4.79 Å². The maximum absolute atomic E-state index is 11.9. The predicted molar refractivity (Wildman–Crippen MR) is 80.6 cm³/mol. The van der Waals surface area contributed by atoms with E-state index in [1.807, 2.05) is 32.4 Å². The van der Waals surface area contributed by atoms with E-state index in [9.17, 15) is 4.79 Å². The molecule has 0 unspecified atom stereocenters. The van der Waals surface area contributed by atoms with Gasteiger partial charge in [0.15, 0.2) is 5.78 Å². The van der Waals surface area contributed by atoms with Crippen molar-refractivity contribution in [1.29, 1.82) is 0 Å². The third-order valence-electron chi connectivity index (χ3n) is 3.50. The van der Waals surface area contributed by atoms with Crippen LogP contribution in [0.4, 0.5) is 11.4 Å². The minimum Gasteiger partial charge on any atom is -0.378 e. The van der Waals surface area contributed by atoms with Crippen LogP contribution in [0, 0.1) is 0 Å². The van der Waals surface area contributed by atoms with Crippen LogP contribution in [0.25, 0.3) is 0 Å². The molecule has 0 aromatic heterocycles. The second kappa shape index (κ2) is 6.41. The summed E-state index contributed by atoms with van der Waals surface area (Å²) in [5.74, 6) is 0.301. The molecule has 0 heterocycles. The fourth-order valence-electron chi connectivity index (χ4n) is 2.26. The topological polar surface area (TPSA) is 32.3 Å². The first-order valence-corrected chi connectivity index (χ1v) is 6.93. The highest BCUT2D eigenvalue weighted by atomic mass is 16.1. The van der Waals surface area contributed by atoms with Crippen molar-refractivity contribution in [1.82, 2.24) is 0 Å². The van der Waals surface area contributed by atoms with Crippen LogP contribution in [0.1, 0.15) is 32.1 Å². The van der Waals surface area contributed by atoms with E-state index in [0.717, 1.165) is 30.5 Å². The van der Waals surface area contributed by atoms with E-state index in [0.29, 0.717) is 12.2 Å². The Morgan fingerprint density at radius 2 is 1.74 bits per heavy atom. The number of anilines is 2. The first kappa shape index (κ1) is 13.7. The summed E-state index contributed by atoms with van der Waals surface area (Å²) in [6, 6.07) is 8.20. The number of nitrogens with one attached hydrogen (secondary N) is 1. The van der Waals surface area contributed by atoms with Gasteiger partial charge in [-0.05, 0) is 43.5 Å². The van der Waals surface area contributed by atoms with Gasteiger partial charge in [-0.1, -0.05) is 6.42 Å². The highest BCUT2D eigenvalue weighted by Gasteiger charge is 2.12. The maximum atomic E-state index is 11.9. The molecular weight excluding hydrogens is 236 g/mol. The van der Waals surface area contributed by atoms with E-state index in [2.05, 4.69) is 22.3 Å². The number of ketones is 1. The largest absolute Gasteiger partial charge is 0.378 e. The molecule has 0 amide bonds. The molecule has 1 aromatic carbocycles. The quantitative estimate of drug-likeness (QED) is 0.664. The van der Waals surface area contributed by atoms with Gasteiger partial charge in [-0.2, -0.15) is 0 Å². The van der Waals surface area contributed by atoms with Crippen LogP contribution >= 0.6 is 0 Å². The molecule has 102 valence electrons. The third-order valence-corrected chi connectivity index (χ3v) is 3.50. The van der Waals surface area contributed by atoms with E-state index >= 15 is 0 Å². The van der Waals surface area contributed by atoms with Crippen LogP contribution in [0.15, 0.2) is 36.0 Å². The van der Waals surface area contributed by atoms with Crippen molar-refractivity contribution < 1.29 is 4.79 Å². The highest BCUT2D eigenvalue weighted by Crippen LogP contribution is 2.20. The molecule has 19 heavy (non-hydrogen) atoms. The Morgan fingerprint density at radius 1 is 1.05 bits per heavy atom. The molecule has 0 saturated heterocycles. The molecule has 2 rings (SSSR count). The molecule has 0 spiro atoms. The zero-order valence-electron chi connectivity index (χ0n) is 11.8. The van der Waals surface area contributed by atoms with Gasteiger partial charge in [0.05, 0.1) is 0 Å². The summed E-state index contributed by atoms with van der Waals surface area (Å²) < 4.78 is 0. The van der Waals surface area contributed by atoms with Gasteiger partial charge in [-0.3, -0.25) is 4.79 Å². The molecule has 1 fully saturated rings. The fourth-order valence-corrected chi connectivity index (χ4v) is 2.26. The first-order valence-electron chi connectivity index (χ1n) is 6.93. The third kappa shape index (κ3) is 3.85. The Balaban J connectivity index is 2.02. The van der Waals surface area contributed by atoms with E-state index in [-0.39, 0.29) is 0 Å². The van der Waals surface area contributed by atoms with Gasteiger partial charge in [-0.25, -0.2) is 0 Å². The van der Waals surface area contributed by atoms with Gasteiger partial charge in [0.2, 0.25) is 0 Å². The Labute approximate surface area is 115 Å². The van der Waals surface area contributed by atoms with Crippen LogP contribution in [0.2, 0.25) is 0 Å². The molecule has 0 bridgehead atoms. The molecule has 0 aliphatic heterocycles. The molecular formula is C16H22N2O. The summed E-state index contributed by atoms with van der Waals surface area (Å²) in [6.45, 7) is 0. The second-order valence-corrected chi connectivity index (χ2v) is 5.24. The van der Waals surface area contributed by atoms with Gasteiger partial charge in [-0.15, -0.1) is 0 Å². The van der Waals surface area contributed by atoms with Gasteiger partial charge >= 0.3 is 0 Å². The van der Waals surface area contributed by atoms with E-state index < -0.39 is 0 Å². The molecule has 3 heteroatoms.